The zero-order valence-electron chi connectivity index (χ0n) is 20.3. The molecule has 0 bridgehead atoms. The molecule has 1 atom stereocenters. The van der Waals surface area contributed by atoms with Crippen LogP contribution in [0.25, 0.3) is 0 Å². The van der Waals surface area contributed by atoms with E-state index >= 15 is 0 Å². The molecule has 0 aliphatic carbocycles. The first-order valence-corrected chi connectivity index (χ1v) is 12.1. The second-order valence-corrected chi connectivity index (χ2v) is 8.51. The number of rotatable bonds is 21. The number of hydrogen-bond donors (Lipinski definition) is 0. The van der Waals surface area contributed by atoms with Gasteiger partial charge in [0.15, 0.2) is 0 Å². The Morgan fingerprint density at radius 3 is 1.83 bits per heavy atom. The fourth-order valence-electron chi connectivity index (χ4n) is 3.43. The summed E-state index contributed by atoms with van der Waals surface area (Å²) < 4.78 is 11.0. The molecule has 0 aromatic carbocycles. The van der Waals surface area contributed by atoms with Crippen molar-refractivity contribution >= 4 is 18.4 Å². The molecule has 0 saturated carbocycles. The van der Waals surface area contributed by atoms with Crippen LogP contribution in [-0.4, -0.2) is 50.8 Å². The lowest BCUT2D eigenvalue weighted by atomic mass is 10.1. The van der Waals surface area contributed by atoms with E-state index in [1.807, 2.05) is 19.0 Å². The number of carbonyl (C=O) groups excluding carboxylic acids is 1. The number of carbonyl (C=O) groups is 1. The van der Waals surface area contributed by atoms with Gasteiger partial charge in [0, 0.05) is 20.1 Å². The third-order valence-corrected chi connectivity index (χ3v) is 5.01. The van der Waals surface area contributed by atoms with Crippen molar-refractivity contribution in [2.24, 2.45) is 0 Å². The van der Waals surface area contributed by atoms with E-state index in [-0.39, 0.29) is 24.5 Å². The minimum absolute atomic E-state index is 0. The van der Waals surface area contributed by atoms with Gasteiger partial charge in [0.1, 0.15) is 6.10 Å². The zero-order valence-corrected chi connectivity index (χ0v) is 21.1. The van der Waals surface area contributed by atoms with Gasteiger partial charge in [0.05, 0.1) is 6.61 Å². The van der Waals surface area contributed by atoms with Gasteiger partial charge >= 0.3 is 5.97 Å². The highest BCUT2D eigenvalue weighted by atomic mass is 35.5. The fraction of sp³-hybridized carbons (Fsp3) is 0.880. The third kappa shape index (κ3) is 25.5. The van der Waals surface area contributed by atoms with Crippen molar-refractivity contribution < 1.29 is 14.3 Å². The molecular formula is C25H50ClNO3. The number of nitrogens with zero attached hydrogens (tertiary/aromatic N) is 1. The Balaban J connectivity index is 0. The minimum Gasteiger partial charge on any atom is -0.459 e. The van der Waals surface area contributed by atoms with Crippen LogP contribution < -0.4 is 0 Å². The van der Waals surface area contributed by atoms with Gasteiger partial charge in [0.25, 0.3) is 0 Å². The van der Waals surface area contributed by atoms with Crippen LogP contribution in [0.1, 0.15) is 104 Å². The van der Waals surface area contributed by atoms with Crippen molar-refractivity contribution in [3.63, 3.8) is 0 Å². The average Bonchev–Trinajstić information content (AvgIpc) is 2.66. The van der Waals surface area contributed by atoms with E-state index in [1.165, 1.54) is 90.4 Å². The van der Waals surface area contributed by atoms with Crippen LogP contribution in [0, 0.1) is 0 Å². The number of allylic oxidation sites excluding steroid dienone is 2. The molecule has 0 aromatic heterocycles. The minimum atomic E-state index is -0.238. The maximum Gasteiger partial charge on any atom is 0.303 e. The summed E-state index contributed by atoms with van der Waals surface area (Å²) in [5, 5.41) is 0. The molecule has 1 unspecified atom stereocenters. The molecule has 4 nitrogen and oxygen atoms in total. The second-order valence-electron chi connectivity index (χ2n) is 8.51. The lowest BCUT2D eigenvalue weighted by Crippen LogP contribution is -2.33. The highest BCUT2D eigenvalue weighted by molar-refractivity contribution is 5.85. The number of ether oxygens (including phenoxy) is 2. The summed E-state index contributed by atoms with van der Waals surface area (Å²) in [5.74, 6) is -0.238. The van der Waals surface area contributed by atoms with Gasteiger partial charge in [-0.15, -0.1) is 12.4 Å². The first-order valence-electron chi connectivity index (χ1n) is 12.1. The van der Waals surface area contributed by atoms with E-state index < -0.39 is 0 Å². The van der Waals surface area contributed by atoms with E-state index in [0.29, 0.717) is 13.2 Å². The lowest BCUT2D eigenvalue weighted by molar-refractivity contribution is -0.150. The number of esters is 1. The van der Waals surface area contributed by atoms with Crippen LogP contribution in [0.4, 0.5) is 0 Å². The highest BCUT2D eigenvalue weighted by Crippen LogP contribution is 2.10. The lowest BCUT2D eigenvalue weighted by Gasteiger charge is -2.20. The molecule has 180 valence electrons. The normalized spacial score (nSPS) is 12.3. The number of halogens is 1. The molecular weight excluding hydrogens is 398 g/mol. The quantitative estimate of drug-likeness (QED) is 0.108. The van der Waals surface area contributed by atoms with Crippen LogP contribution in [0.2, 0.25) is 0 Å². The Morgan fingerprint density at radius 1 is 0.833 bits per heavy atom. The van der Waals surface area contributed by atoms with E-state index in [2.05, 4.69) is 19.1 Å². The van der Waals surface area contributed by atoms with Gasteiger partial charge in [0.2, 0.25) is 0 Å². The molecule has 0 aliphatic rings. The van der Waals surface area contributed by atoms with Crippen molar-refractivity contribution in [1.82, 2.24) is 4.90 Å². The van der Waals surface area contributed by atoms with Gasteiger partial charge in [-0.3, -0.25) is 4.79 Å². The number of hydrogen-bond acceptors (Lipinski definition) is 4. The van der Waals surface area contributed by atoms with Crippen molar-refractivity contribution in [1.29, 1.82) is 0 Å². The summed E-state index contributed by atoms with van der Waals surface area (Å²) >= 11 is 0. The largest absolute Gasteiger partial charge is 0.459 e. The maximum absolute atomic E-state index is 11.1. The van der Waals surface area contributed by atoms with Crippen LogP contribution in [-0.2, 0) is 14.3 Å². The second kappa shape index (κ2) is 24.7. The highest BCUT2D eigenvalue weighted by Gasteiger charge is 2.13. The maximum atomic E-state index is 11.1. The summed E-state index contributed by atoms with van der Waals surface area (Å²) in [4.78, 5) is 13.1. The van der Waals surface area contributed by atoms with Crippen LogP contribution >= 0.6 is 12.4 Å². The standard InChI is InChI=1S/C25H49NO3.ClH/c1-5-6-7-8-9-10-11-12-13-14-15-16-17-18-19-20-21-28-23-25(22-26(3)4)29-24(2)27;/h12-13,25H,5-11,14-23H2,1-4H3;1H/b13-12-;. The van der Waals surface area contributed by atoms with Gasteiger partial charge in [-0.1, -0.05) is 76.9 Å². The summed E-state index contributed by atoms with van der Waals surface area (Å²) in [7, 11) is 3.95. The Hall–Kier alpha value is -0.580. The van der Waals surface area contributed by atoms with Gasteiger partial charge in [-0.2, -0.15) is 0 Å². The van der Waals surface area contributed by atoms with E-state index in [0.717, 1.165) is 13.0 Å². The summed E-state index contributed by atoms with van der Waals surface area (Å²) in [5.41, 5.74) is 0. The molecule has 0 rings (SSSR count). The van der Waals surface area contributed by atoms with Crippen molar-refractivity contribution in [2.45, 2.75) is 110 Å². The van der Waals surface area contributed by atoms with Crippen LogP contribution in [0.5, 0.6) is 0 Å². The van der Waals surface area contributed by atoms with Crippen molar-refractivity contribution in [2.75, 3.05) is 33.9 Å². The predicted octanol–water partition coefficient (Wildman–Crippen LogP) is 6.96. The zero-order chi connectivity index (χ0) is 21.6. The monoisotopic (exact) mass is 447 g/mol. The third-order valence-electron chi connectivity index (χ3n) is 5.01. The molecule has 0 aliphatic heterocycles. The Labute approximate surface area is 193 Å². The van der Waals surface area contributed by atoms with Crippen LogP contribution in [0.3, 0.4) is 0 Å². The van der Waals surface area contributed by atoms with E-state index in [9.17, 15) is 4.79 Å². The van der Waals surface area contributed by atoms with Crippen molar-refractivity contribution in [3.05, 3.63) is 12.2 Å². The molecule has 0 aromatic rings. The molecule has 0 N–H and O–H groups in total. The van der Waals surface area contributed by atoms with Gasteiger partial charge in [-0.25, -0.2) is 0 Å². The Bertz CT molecular complexity index is 389. The van der Waals surface area contributed by atoms with E-state index in [1.54, 1.807) is 0 Å². The molecule has 0 spiro atoms. The van der Waals surface area contributed by atoms with Crippen LogP contribution in [0.15, 0.2) is 12.2 Å². The molecule has 0 fully saturated rings. The van der Waals surface area contributed by atoms with E-state index in [4.69, 9.17) is 9.47 Å². The predicted molar refractivity (Wildman–Crippen MR) is 132 cm³/mol. The Morgan fingerprint density at radius 2 is 1.33 bits per heavy atom. The molecule has 30 heavy (non-hydrogen) atoms. The fourth-order valence-corrected chi connectivity index (χ4v) is 3.43. The molecule has 0 saturated heterocycles. The number of unbranched alkanes of at least 4 members (excludes halogenated alkanes) is 12. The first-order chi connectivity index (χ1) is 14.1. The number of likely N-dealkylation sites (N-methyl/N-ethyl adjacent to an activating group) is 1. The summed E-state index contributed by atoms with van der Waals surface area (Å²) in [6.45, 7) is 5.67. The SMILES string of the molecule is CCCCCCCC/C=C\CCCCCCCCOCC(CN(C)C)OC(C)=O.Cl. The smallest absolute Gasteiger partial charge is 0.303 e. The summed E-state index contributed by atoms with van der Waals surface area (Å²) in [6, 6.07) is 0. The molecule has 0 radical (unpaired) electrons. The average molecular weight is 448 g/mol. The molecule has 0 amide bonds. The Kier molecular flexibility index (Phi) is 26.0. The first kappa shape index (κ1) is 31.6. The van der Waals surface area contributed by atoms with Crippen molar-refractivity contribution in [3.8, 4) is 0 Å². The summed E-state index contributed by atoms with van der Waals surface area (Å²) in [6.07, 6.45) is 23.0. The molecule has 5 heteroatoms. The topological polar surface area (TPSA) is 38.8 Å². The van der Waals surface area contributed by atoms with Gasteiger partial charge < -0.3 is 14.4 Å². The molecule has 0 heterocycles. The van der Waals surface area contributed by atoms with Gasteiger partial charge in [-0.05, 0) is 46.2 Å².